The fourth-order valence-corrected chi connectivity index (χ4v) is 4.23. The van der Waals surface area contributed by atoms with E-state index in [1.54, 1.807) is 0 Å². The van der Waals surface area contributed by atoms with Crippen LogP contribution in [0.2, 0.25) is 0 Å². The first-order valence-electron chi connectivity index (χ1n) is 12.0. The molecule has 0 saturated carbocycles. The Hall–Kier alpha value is -3.16. The number of benzene rings is 2. The molecular formula is C27H34N4O3. The number of rotatable bonds is 4. The third kappa shape index (κ3) is 6.68. The first-order valence-corrected chi connectivity index (χ1v) is 12.0. The number of aryl methyl sites for hydroxylation is 1. The molecule has 0 unspecified atom stereocenters. The van der Waals surface area contributed by atoms with Gasteiger partial charge < -0.3 is 19.4 Å². The summed E-state index contributed by atoms with van der Waals surface area (Å²) in [6.07, 6.45) is 6.61. The Kier molecular flexibility index (Phi) is 8.71. The normalized spacial score (nSPS) is 18.7. The second-order valence-corrected chi connectivity index (χ2v) is 8.69. The van der Waals surface area contributed by atoms with Crippen molar-refractivity contribution < 1.29 is 14.3 Å². The molecule has 1 aliphatic heterocycles. The second kappa shape index (κ2) is 12.3. The van der Waals surface area contributed by atoms with Crippen LogP contribution in [0, 0.1) is 0 Å². The lowest BCUT2D eigenvalue weighted by atomic mass is 10.0. The Balaban J connectivity index is 1.61. The summed E-state index contributed by atoms with van der Waals surface area (Å²) in [6.45, 7) is 3.86. The number of carbonyl (C=O) groups is 1. The molecule has 7 heteroatoms. The number of ether oxygens (including phenoxy) is 2. The number of carbonyl (C=O) groups excluding carboxylic acids is 1. The molecule has 34 heavy (non-hydrogen) atoms. The van der Waals surface area contributed by atoms with E-state index in [0.717, 1.165) is 38.0 Å². The maximum atomic E-state index is 12.8. The van der Waals surface area contributed by atoms with Crippen molar-refractivity contribution in [2.75, 3.05) is 32.9 Å². The number of fused-ring (bicyclic) bond motifs is 1. The standard InChI is InChI=1S/C27H34N4O3/c1-30-21-28-18-24(30)19-31-14-7-8-15-33-16-13-29-27(32)25-11-5-6-12-26(25)34-20-23(31)17-22-9-3-2-4-10-22/h2-6,9-12,18,21,23H,7-8,13-17,19-20H2,1H3,(H,29,32)/t23-/m0/s1. The zero-order valence-electron chi connectivity index (χ0n) is 19.9. The topological polar surface area (TPSA) is 68.6 Å². The molecule has 2 aromatic carbocycles. The van der Waals surface area contributed by atoms with Gasteiger partial charge in [-0.3, -0.25) is 9.69 Å². The maximum Gasteiger partial charge on any atom is 0.255 e. The molecule has 0 fully saturated rings. The minimum absolute atomic E-state index is 0.125. The summed E-state index contributed by atoms with van der Waals surface area (Å²) in [6, 6.07) is 18.1. The Bertz CT molecular complexity index is 1040. The summed E-state index contributed by atoms with van der Waals surface area (Å²) in [4.78, 5) is 19.6. The van der Waals surface area contributed by atoms with Gasteiger partial charge in [-0.05, 0) is 43.5 Å². The van der Waals surface area contributed by atoms with Gasteiger partial charge in [0, 0.05) is 39.0 Å². The number of aromatic nitrogens is 2. The van der Waals surface area contributed by atoms with E-state index in [1.165, 1.54) is 5.56 Å². The summed E-state index contributed by atoms with van der Waals surface area (Å²) in [7, 11) is 2.03. The van der Waals surface area contributed by atoms with E-state index in [4.69, 9.17) is 9.47 Å². The van der Waals surface area contributed by atoms with Gasteiger partial charge >= 0.3 is 0 Å². The summed E-state index contributed by atoms with van der Waals surface area (Å²) >= 11 is 0. The largest absolute Gasteiger partial charge is 0.491 e. The van der Waals surface area contributed by atoms with E-state index >= 15 is 0 Å². The van der Waals surface area contributed by atoms with Crippen LogP contribution in [0.1, 0.15) is 34.5 Å². The van der Waals surface area contributed by atoms with Crippen molar-refractivity contribution in [3.63, 3.8) is 0 Å². The Morgan fingerprint density at radius 2 is 1.88 bits per heavy atom. The summed E-state index contributed by atoms with van der Waals surface area (Å²) in [5.41, 5.74) is 2.97. The molecule has 3 aromatic rings. The van der Waals surface area contributed by atoms with Crippen molar-refractivity contribution in [3.8, 4) is 5.75 Å². The van der Waals surface area contributed by atoms with Crippen molar-refractivity contribution in [1.82, 2.24) is 19.8 Å². The number of imidazole rings is 1. The van der Waals surface area contributed by atoms with Crippen LogP contribution in [0.4, 0.5) is 0 Å². The summed E-state index contributed by atoms with van der Waals surface area (Å²) in [5, 5.41) is 2.94. The maximum absolute atomic E-state index is 12.8. The molecule has 0 saturated heterocycles. The molecule has 1 N–H and O–H groups in total. The zero-order valence-corrected chi connectivity index (χ0v) is 19.9. The van der Waals surface area contributed by atoms with Crippen LogP contribution in [0.25, 0.3) is 0 Å². The van der Waals surface area contributed by atoms with Gasteiger partial charge in [0.2, 0.25) is 0 Å². The monoisotopic (exact) mass is 462 g/mol. The molecule has 1 atom stereocenters. The SMILES string of the molecule is Cn1cncc1CN1CCCCOCCNC(=O)c2ccccc2OC[C@@H]1Cc1ccccc1. The molecular weight excluding hydrogens is 428 g/mol. The number of amides is 1. The van der Waals surface area contributed by atoms with Crippen LogP contribution in [-0.4, -0.2) is 59.3 Å². The molecule has 0 aliphatic carbocycles. The molecule has 2 heterocycles. The lowest BCUT2D eigenvalue weighted by Crippen LogP contribution is -2.42. The van der Waals surface area contributed by atoms with Gasteiger partial charge in [0.1, 0.15) is 12.4 Å². The molecule has 0 spiro atoms. The average Bonchev–Trinajstić information content (AvgIpc) is 3.26. The van der Waals surface area contributed by atoms with Crippen molar-refractivity contribution in [2.45, 2.75) is 31.8 Å². The van der Waals surface area contributed by atoms with Crippen LogP contribution in [0.15, 0.2) is 67.1 Å². The predicted octanol–water partition coefficient (Wildman–Crippen LogP) is 3.45. The molecule has 1 aromatic heterocycles. The van der Waals surface area contributed by atoms with E-state index in [0.29, 0.717) is 37.7 Å². The minimum Gasteiger partial charge on any atom is -0.491 e. The lowest BCUT2D eigenvalue weighted by molar-refractivity contribution is 0.0908. The molecule has 4 rings (SSSR count). The average molecular weight is 463 g/mol. The van der Waals surface area contributed by atoms with E-state index in [1.807, 2.05) is 49.9 Å². The van der Waals surface area contributed by atoms with Crippen LogP contribution in [0.5, 0.6) is 5.75 Å². The fraction of sp³-hybridized carbons (Fsp3) is 0.407. The van der Waals surface area contributed by atoms with Gasteiger partial charge in [0.05, 0.1) is 24.2 Å². The van der Waals surface area contributed by atoms with Gasteiger partial charge in [-0.1, -0.05) is 42.5 Å². The third-order valence-corrected chi connectivity index (χ3v) is 6.19. The van der Waals surface area contributed by atoms with Crippen molar-refractivity contribution in [2.24, 2.45) is 7.05 Å². The Morgan fingerprint density at radius 3 is 2.71 bits per heavy atom. The Morgan fingerprint density at radius 1 is 1.06 bits per heavy atom. The lowest BCUT2D eigenvalue weighted by Gasteiger charge is -2.32. The fourth-order valence-electron chi connectivity index (χ4n) is 4.23. The number of hydrogen-bond acceptors (Lipinski definition) is 5. The molecule has 0 bridgehead atoms. The van der Waals surface area contributed by atoms with E-state index in [-0.39, 0.29) is 11.9 Å². The van der Waals surface area contributed by atoms with Crippen molar-refractivity contribution in [3.05, 3.63) is 83.9 Å². The van der Waals surface area contributed by atoms with Crippen LogP contribution >= 0.6 is 0 Å². The van der Waals surface area contributed by atoms with Crippen LogP contribution in [-0.2, 0) is 24.8 Å². The summed E-state index contributed by atoms with van der Waals surface area (Å²) < 4.78 is 14.2. The van der Waals surface area contributed by atoms with Gasteiger partial charge in [-0.15, -0.1) is 0 Å². The highest BCUT2D eigenvalue weighted by Crippen LogP contribution is 2.21. The van der Waals surface area contributed by atoms with E-state index < -0.39 is 0 Å². The van der Waals surface area contributed by atoms with Crippen LogP contribution in [0.3, 0.4) is 0 Å². The second-order valence-electron chi connectivity index (χ2n) is 8.69. The number of nitrogens with one attached hydrogen (secondary N) is 1. The van der Waals surface area contributed by atoms with Gasteiger partial charge in [0.15, 0.2) is 0 Å². The van der Waals surface area contributed by atoms with E-state index in [2.05, 4.69) is 44.0 Å². The molecule has 0 radical (unpaired) electrons. The smallest absolute Gasteiger partial charge is 0.255 e. The number of hydrogen-bond donors (Lipinski definition) is 1. The molecule has 1 amide bonds. The molecule has 1 aliphatic rings. The number of nitrogens with zero attached hydrogens (tertiary/aromatic N) is 3. The quantitative estimate of drug-likeness (QED) is 0.643. The highest BCUT2D eigenvalue weighted by molar-refractivity contribution is 5.96. The first-order chi connectivity index (χ1) is 16.7. The van der Waals surface area contributed by atoms with Crippen molar-refractivity contribution >= 4 is 5.91 Å². The number of para-hydroxylation sites is 1. The highest BCUT2D eigenvalue weighted by atomic mass is 16.5. The van der Waals surface area contributed by atoms with E-state index in [9.17, 15) is 4.79 Å². The highest BCUT2D eigenvalue weighted by Gasteiger charge is 2.23. The van der Waals surface area contributed by atoms with Crippen LogP contribution < -0.4 is 10.1 Å². The van der Waals surface area contributed by atoms with Gasteiger partial charge in [-0.25, -0.2) is 4.98 Å². The van der Waals surface area contributed by atoms with Crippen molar-refractivity contribution in [1.29, 1.82) is 0 Å². The zero-order chi connectivity index (χ0) is 23.6. The molecule has 180 valence electrons. The minimum atomic E-state index is -0.138. The Labute approximate surface area is 201 Å². The van der Waals surface area contributed by atoms with Gasteiger partial charge in [-0.2, -0.15) is 0 Å². The third-order valence-electron chi connectivity index (χ3n) is 6.19. The first kappa shape index (κ1) is 24.0. The van der Waals surface area contributed by atoms with Gasteiger partial charge in [0.25, 0.3) is 5.91 Å². The molecule has 7 nitrogen and oxygen atoms in total. The summed E-state index contributed by atoms with van der Waals surface area (Å²) in [5.74, 6) is 0.467. The predicted molar refractivity (Wildman–Crippen MR) is 132 cm³/mol.